The quantitative estimate of drug-likeness (QED) is 0.899. The molecule has 21 heavy (non-hydrogen) atoms. The maximum absolute atomic E-state index is 12.6. The van der Waals surface area contributed by atoms with E-state index >= 15 is 0 Å². The molecule has 1 aromatic rings. The second kappa shape index (κ2) is 5.34. The van der Waals surface area contributed by atoms with Crippen molar-refractivity contribution in [3.63, 3.8) is 0 Å². The third kappa shape index (κ3) is 2.77. The van der Waals surface area contributed by atoms with Crippen LogP contribution in [0.15, 0.2) is 24.3 Å². The molecule has 0 aromatic heterocycles. The SMILES string of the molecule is CC1(C)CN(C(=O)CN2CCc3ccccc32)CCC1N. The molecule has 2 aliphatic rings. The average Bonchev–Trinajstić information content (AvgIpc) is 2.85. The van der Waals surface area contributed by atoms with E-state index in [1.165, 1.54) is 11.3 Å². The van der Waals surface area contributed by atoms with Crippen molar-refractivity contribution in [2.45, 2.75) is 32.7 Å². The molecule has 0 bridgehead atoms. The molecule has 1 amide bonds. The third-order valence-electron chi connectivity index (χ3n) is 4.97. The van der Waals surface area contributed by atoms with Gasteiger partial charge in [0.2, 0.25) is 5.91 Å². The Morgan fingerprint density at radius 2 is 2.10 bits per heavy atom. The third-order valence-corrected chi connectivity index (χ3v) is 4.97. The van der Waals surface area contributed by atoms with Crippen LogP contribution >= 0.6 is 0 Å². The van der Waals surface area contributed by atoms with Crippen molar-refractivity contribution >= 4 is 11.6 Å². The Morgan fingerprint density at radius 1 is 1.33 bits per heavy atom. The molecule has 0 radical (unpaired) electrons. The van der Waals surface area contributed by atoms with Crippen LogP contribution in [0.2, 0.25) is 0 Å². The zero-order valence-electron chi connectivity index (χ0n) is 13.0. The van der Waals surface area contributed by atoms with Gasteiger partial charge < -0.3 is 15.5 Å². The van der Waals surface area contributed by atoms with Crippen molar-refractivity contribution in [1.29, 1.82) is 0 Å². The molecule has 4 heteroatoms. The van der Waals surface area contributed by atoms with Crippen molar-refractivity contribution in [1.82, 2.24) is 4.90 Å². The molecule has 1 atom stereocenters. The standard InChI is InChI=1S/C17H25N3O/c1-17(2)12-20(10-8-15(17)18)16(21)11-19-9-7-13-5-3-4-6-14(13)19/h3-6,15H,7-12,18H2,1-2H3. The van der Waals surface area contributed by atoms with Crippen LogP contribution in [-0.4, -0.2) is 43.0 Å². The first-order chi connectivity index (χ1) is 9.97. The first-order valence-corrected chi connectivity index (χ1v) is 7.83. The summed E-state index contributed by atoms with van der Waals surface area (Å²) in [5, 5.41) is 0. The first kappa shape index (κ1) is 14.4. The lowest BCUT2D eigenvalue weighted by Crippen LogP contribution is -2.55. The van der Waals surface area contributed by atoms with E-state index in [2.05, 4.69) is 36.9 Å². The smallest absolute Gasteiger partial charge is 0.242 e. The predicted molar refractivity (Wildman–Crippen MR) is 85.3 cm³/mol. The van der Waals surface area contributed by atoms with Crippen LogP contribution in [-0.2, 0) is 11.2 Å². The Hall–Kier alpha value is -1.55. The van der Waals surface area contributed by atoms with Gasteiger partial charge in [0.25, 0.3) is 0 Å². The molecule has 2 aliphatic heterocycles. The minimum atomic E-state index is 0.0107. The Bertz CT molecular complexity index is 541. The molecule has 1 unspecified atom stereocenters. The highest BCUT2D eigenvalue weighted by atomic mass is 16.2. The van der Waals surface area contributed by atoms with Crippen LogP contribution in [0.25, 0.3) is 0 Å². The summed E-state index contributed by atoms with van der Waals surface area (Å²) in [6, 6.07) is 8.58. The fourth-order valence-corrected chi connectivity index (χ4v) is 3.42. The molecule has 1 fully saturated rings. The predicted octanol–water partition coefficient (Wildman–Crippen LogP) is 1.63. The average molecular weight is 287 g/mol. The van der Waals surface area contributed by atoms with Crippen molar-refractivity contribution in [2.24, 2.45) is 11.1 Å². The summed E-state index contributed by atoms with van der Waals surface area (Å²) in [4.78, 5) is 16.8. The highest BCUT2D eigenvalue weighted by Crippen LogP contribution is 2.29. The lowest BCUT2D eigenvalue weighted by atomic mass is 9.79. The zero-order valence-corrected chi connectivity index (χ0v) is 13.0. The van der Waals surface area contributed by atoms with E-state index in [-0.39, 0.29) is 17.4 Å². The number of para-hydroxylation sites is 1. The number of benzene rings is 1. The first-order valence-electron chi connectivity index (χ1n) is 7.83. The van der Waals surface area contributed by atoms with E-state index in [0.717, 1.165) is 32.5 Å². The molecule has 3 rings (SSSR count). The number of rotatable bonds is 2. The number of carbonyl (C=O) groups excluding carboxylic acids is 1. The largest absolute Gasteiger partial charge is 0.362 e. The van der Waals surface area contributed by atoms with E-state index in [9.17, 15) is 4.79 Å². The number of anilines is 1. The molecule has 0 saturated carbocycles. The molecule has 114 valence electrons. The van der Waals surface area contributed by atoms with Gasteiger partial charge in [0, 0.05) is 31.4 Å². The van der Waals surface area contributed by atoms with E-state index < -0.39 is 0 Å². The lowest BCUT2D eigenvalue weighted by molar-refractivity contribution is -0.133. The number of nitrogens with zero attached hydrogens (tertiary/aromatic N) is 2. The van der Waals surface area contributed by atoms with Gasteiger partial charge in [-0.15, -0.1) is 0 Å². The molecule has 4 nitrogen and oxygen atoms in total. The van der Waals surface area contributed by atoms with Crippen molar-refractivity contribution in [3.05, 3.63) is 29.8 Å². The topological polar surface area (TPSA) is 49.6 Å². The van der Waals surface area contributed by atoms with Crippen molar-refractivity contribution in [3.8, 4) is 0 Å². The molecular formula is C17H25N3O. The van der Waals surface area contributed by atoms with Gasteiger partial charge in [-0.2, -0.15) is 0 Å². The normalized spacial score (nSPS) is 24.0. The summed E-state index contributed by atoms with van der Waals surface area (Å²) < 4.78 is 0. The fourth-order valence-electron chi connectivity index (χ4n) is 3.42. The van der Waals surface area contributed by atoms with Gasteiger partial charge in [-0.3, -0.25) is 4.79 Å². The Morgan fingerprint density at radius 3 is 2.86 bits per heavy atom. The van der Waals surface area contributed by atoms with Gasteiger partial charge in [0.05, 0.1) is 6.54 Å². The molecular weight excluding hydrogens is 262 g/mol. The Kier molecular flexibility index (Phi) is 3.66. The number of piperidine rings is 1. The molecule has 0 aliphatic carbocycles. The second-order valence-corrected chi connectivity index (χ2v) is 7.00. The van der Waals surface area contributed by atoms with Crippen LogP contribution in [0.1, 0.15) is 25.8 Å². The number of fused-ring (bicyclic) bond motifs is 1. The highest BCUT2D eigenvalue weighted by molar-refractivity contribution is 5.82. The van der Waals surface area contributed by atoms with Crippen LogP contribution < -0.4 is 10.6 Å². The number of hydrogen-bond donors (Lipinski definition) is 1. The van der Waals surface area contributed by atoms with Crippen molar-refractivity contribution in [2.75, 3.05) is 31.1 Å². The second-order valence-electron chi connectivity index (χ2n) is 7.00. The van der Waals surface area contributed by atoms with Gasteiger partial charge in [0.1, 0.15) is 0 Å². The molecule has 0 spiro atoms. The van der Waals surface area contributed by atoms with Crippen LogP contribution in [0.4, 0.5) is 5.69 Å². The van der Waals surface area contributed by atoms with Gasteiger partial charge in [0.15, 0.2) is 0 Å². The summed E-state index contributed by atoms with van der Waals surface area (Å²) in [6.07, 6.45) is 1.94. The molecule has 2 heterocycles. The number of amides is 1. The Labute approximate surface area is 126 Å². The maximum Gasteiger partial charge on any atom is 0.242 e. The number of hydrogen-bond acceptors (Lipinski definition) is 3. The lowest BCUT2D eigenvalue weighted by Gasteiger charge is -2.43. The van der Waals surface area contributed by atoms with Crippen LogP contribution in [0.5, 0.6) is 0 Å². The summed E-state index contributed by atoms with van der Waals surface area (Å²) in [5.41, 5.74) is 8.74. The summed E-state index contributed by atoms with van der Waals surface area (Å²) in [7, 11) is 0. The Balaban J connectivity index is 1.65. The number of nitrogens with two attached hydrogens (primary N) is 1. The number of carbonyl (C=O) groups is 1. The van der Waals surface area contributed by atoms with Crippen LogP contribution in [0, 0.1) is 5.41 Å². The highest BCUT2D eigenvalue weighted by Gasteiger charge is 2.35. The van der Waals surface area contributed by atoms with Gasteiger partial charge >= 0.3 is 0 Å². The van der Waals surface area contributed by atoms with E-state index in [1.54, 1.807) is 0 Å². The molecule has 2 N–H and O–H groups in total. The van der Waals surface area contributed by atoms with Gasteiger partial charge in [-0.05, 0) is 29.9 Å². The molecule has 1 saturated heterocycles. The number of likely N-dealkylation sites (tertiary alicyclic amines) is 1. The fraction of sp³-hybridized carbons (Fsp3) is 0.588. The zero-order chi connectivity index (χ0) is 15.0. The minimum absolute atomic E-state index is 0.0107. The minimum Gasteiger partial charge on any atom is -0.362 e. The maximum atomic E-state index is 12.6. The summed E-state index contributed by atoms with van der Waals surface area (Å²) in [5.74, 6) is 0.228. The monoisotopic (exact) mass is 287 g/mol. The van der Waals surface area contributed by atoms with Gasteiger partial charge in [-0.1, -0.05) is 32.0 Å². The van der Waals surface area contributed by atoms with E-state index in [4.69, 9.17) is 5.73 Å². The summed E-state index contributed by atoms with van der Waals surface area (Å²) >= 11 is 0. The van der Waals surface area contributed by atoms with Crippen molar-refractivity contribution < 1.29 is 4.79 Å². The van der Waals surface area contributed by atoms with E-state index in [0.29, 0.717) is 6.54 Å². The van der Waals surface area contributed by atoms with Gasteiger partial charge in [-0.25, -0.2) is 0 Å². The van der Waals surface area contributed by atoms with E-state index in [1.807, 2.05) is 11.0 Å². The molecule has 1 aromatic carbocycles. The summed E-state index contributed by atoms with van der Waals surface area (Å²) in [6.45, 7) is 7.30. The van der Waals surface area contributed by atoms with Crippen LogP contribution in [0.3, 0.4) is 0 Å².